The Bertz CT molecular complexity index is 2110. The van der Waals surface area contributed by atoms with E-state index >= 15 is 0 Å². The van der Waals surface area contributed by atoms with Crippen LogP contribution in [0.4, 0.5) is 5.69 Å². The van der Waals surface area contributed by atoms with Gasteiger partial charge in [-0.05, 0) is 71.7 Å². The summed E-state index contributed by atoms with van der Waals surface area (Å²) >= 11 is 0. The predicted molar refractivity (Wildman–Crippen MR) is 189 cm³/mol. The molecule has 45 heavy (non-hydrogen) atoms. The Morgan fingerprint density at radius 3 is 1.89 bits per heavy atom. The van der Waals surface area contributed by atoms with Crippen molar-refractivity contribution < 1.29 is 0 Å². The minimum Gasteiger partial charge on any atom is -0.396 e. The van der Waals surface area contributed by atoms with Crippen molar-refractivity contribution in [3.8, 4) is 28.5 Å². The van der Waals surface area contributed by atoms with Crippen LogP contribution in [0.15, 0.2) is 152 Å². The van der Waals surface area contributed by atoms with Gasteiger partial charge in [-0.15, -0.1) is 0 Å². The van der Waals surface area contributed by atoms with E-state index in [2.05, 4.69) is 89.5 Å². The van der Waals surface area contributed by atoms with E-state index in [0.717, 1.165) is 56.3 Å². The first kappa shape index (κ1) is 27.8. The number of para-hydroxylation sites is 1. The molecule has 0 amide bonds. The molecule has 0 fully saturated rings. The largest absolute Gasteiger partial charge is 0.396 e. The highest BCUT2D eigenvalue weighted by molar-refractivity contribution is 5.98. The summed E-state index contributed by atoms with van der Waals surface area (Å²) in [5.74, 6) is 0.796. The maximum absolute atomic E-state index is 6.58. The van der Waals surface area contributed by atoms with Crippen molar-refractivity contribution in [1.82, 2.24) is 14.5 Å². The molecule has 4 heteroatoms. The summed E-state index contributed by atoms with van der Waals surface area (Å²) in [6.45, 7) is 2.00. The zero-order chi connectivity index (χ0) is 30.6. The summed E-state index contributed by atoms with van der Waals surface area (Å²) in [4.78, 5) is 10.1. The van der Waals surface area contributed by atoms with Crippen molar-refractivity contribution in [2.45, 2.75) is 6.92 Å². The highest BCUT2D eigenvalue weighted by Gasteiger charge is 2.16. The first-order valence-corrected chi connectivity index (χ1v) is 15.1. The Labute approximate surface area is 263 Å². The molecular weight excluding hydrogens is 548 g/mol. The second kappa shape index (κ2) is 12.3. The quantitative estimate of drug-likeness (QED) is 0.191. The molecule has 4 aromatic carbocycles. The van der Waals surface area contributed by atoms with Crippen LogP contribution in [0, 0.1) is 0 Å². The number of benzene rings is 4. The molecular formula is C41H32N4. The van der Waals surface area contributed by atoms with Gasteiger partial charge in [0.05, 0.1) is 34.0 Å². The SMILES string of the molecule is C/C=C\c1c(N)c2ccccc2n1-c1cccc(-c2cccc(-c3ccc(C=C(c4ccccc4)c4ccccc4)cc3)n2)n1. The summed E-state index contributed by atoms with van der Waals surface area (Å²) in [5, 5.41) is 1.01. The van der Waals surface area contributed by atoms with Crippen LogP contribution in [0.5, 0.6) is 0 Å². The van der Waals surface area contributed by atoms with Gasteiger partial charge in [0.2, 0.25) is 0 Å². The van der Waals surface area contributed by atoms with Crippen LogP contribution in [-0.4, -0.2) is 14.5 Å². The minimum atomic E-state index is 0.744. The van der Waals surface area contributed by atoms with E-state index in [1.165, 1.54) is 16.7 Å². The highest BCUT2D eigenvalue weighted by Crippen LogP contribution is 2.33. The van der Waals surface area contributed by atoms with E-state index in [0.29, 0.717) is 0 Å². The normalized spacial score (nSPS) is 11.2. The van der Waals surface area contributed by atoms with E-state index in [9.17, 15) is 0 Å². The number of pyridine rings is 2. The standard InChI is InChI=1S/C41H32N4/c1-2-13-39-41(42)33-18-9-10-22-38(33)45(39)40-23-12-21-37(44-40)36-20-11-19-35(43-36)32-26-24-29(25-27-32)28-34(30-14-5-3-6-15-30)31-16-7-4-8-17-31/h2-28H,42H2,1H3/b13-2-. The van der Waals surface area contributed by atoms with Crippen molar-refractivity contribution in [3.05, 3.63) is 174 Å². The van der Waals surface area contributed by atoms with Crippen molar-refractivity contribution in [3.63, 3.8) is 0 Å². The fourth-order valence-electron chi connectivity index (χ4n) is 5.77. The molecule has 0 aliphatic rings. The average molecular weight is 581 g/mol. The second-order valence-electron chi connectivity index (χ2n) is 10.9. The zero-order valence-electron chi connectivity index (χ0n) is 25.0. The van der Waals surface area contributed by atoms with E-state index < -0.39 is 0 Å². The topological polar surface area (TPSA) is 56.7 Å². The lowest BCUT2D eigenvalue weighted by atomic mass is 9.95. The summed E-state index contributed by atoms with van der Waals surface area (Å²) in [5.41, 5.74) is 17.5. The Morgan fingerprint density at radius 1 is 0.600 bits per heavy atom. The van der Waals surface area contributed by atoms with Crippen LogP contribution in [0.1, 0.15) is 29.3 Å². The molecule has 0 saturated heterocycles. The average Bonchev–Trinajstić information content (AvgIpc) is 3.39. The first-order chi connectivity index (χ1) is 22.2. The number of aromatic nitrogens is 3. The number of anilines is 1. The zero-order valence-corrected chi connectivity index (χ0v) is 25.0. The van der Waals surface area contributed by atoms with Gasteiger partial charge in [0.25, 0.3) is 0 Å². The van der Waals surface area contributed by atoms with Crippen LogP contribution >= 0.6 is 0 Å². The third kappa shape index (κ3) is 5.57. The second-order valence-corrected chi connectivity index (χ2v) is 10.9. The smallest absolute Gasteiger partial charge is 0.138 e. The molecule has 7 rings (SSSR count). The maximum atomic E-state index is 6.58. The summed E-state index contributed by atoms with van der Waals surface area (Å²) in [7, 11) is 0. The van der Waals surface area contributed by atoms with Crippen molar-refractivity contribution in [1.29, 1.82) is 0 Å². The Morgan fingerprint density at radius 2 is 1.20 bits per heavy atom. The van der Waals surface area contributed by atoms with Gasteiger partial charge in [0, 0.05) is 10.9 Å². The number of fused-ring (bicyclic) bond motifs is 1. The molecule has 0 spiro atoms. The molecule has 3 aromatic heterocycles. The lowest BCUT2D eigenvalue weighted by Gasteiger charge is -2.11. The molecule has 0 saturated carbocycles. The molecule has 0 aliphatic heterocycles. The predicted octanol–water partition coefficient (Wildman–Crippen LogP) is 9.96. The van der Waals surface area contributed by atoms with Crippen LogP contribution in [0.3, 0.4) is 0 Å². The molecule has 0 unspecified atom stereocenters. The molecule has 0 bridgehead atoms. The summed E-state index contributed by atoms with van der Waals surface area (Å²) < 4.78 is 2.11. The molecule has 0 atom stereocenters. The van der Waals surface area contributed by atoms with E-state index in [1.807, 2.05) is 85.8 Å². The Hall–Kier alpha value is -6.00. The number of hydrogen-bond donors (Lipinski definition) is 1. The fraction of sp³-hybridized carbons (Fsp3) is 0.0244. The number of allylic oxidation sites excluding steroid dienone is 1. The Balaban J connectivity index is 1.22. The molecule has 216 valence electrons. The van der Waals surface area contributed by atoms with Gasteiger partial charge in [-0.2, -0.15) is 0 Å². The number of nitrogens with two attached hydrogens (primary N) is 1. The first-order valence-electron chi connectivity index (χ1n) is 15.1. The third-order valence-corrected chi connectivity index (χ3v) is 7.94. The number of nitrogens with zero attached hydrogens (tertiary/aromatic N) is 3. The molecule has 4 nitrogen and oxygen atoms in total. The molecule has 0 aliphatic carbocycles. The van der Waals surface area contributed by atoms with Crippen molar-refractivity contribution >= 4 is 34.3 Å². The monoisotopic (exact) mass is 580 g/mol. The molecule has 7 aromatic rings. The van der Waals surface area contributed by atoms with E-state index in [4.69, 9.17) is 15.7 Å². The van der Waals surface area contributed by atoms with E-state index in [-0.39, 0.29) is 0 Å². The van der Waals surface area contributed by atoms with Crippen LogP contribution in [-0.2, 0) is 0 Å². The van der Waals surface area contributed by atoms with Crippen molar-refractivity contribution in [2.24, 2.45) is 0 Å². The lowest BCUT2D eigenvalue weighted by Crippen LogP contribution is -2.02. The number of hydrogen-bond acceptors (Lipinski definition) is 3. The highest BCUT2D eigenvalue weighted by atomic mass is 15.1. The van der Waals surface area contributed by atoms with Gasteiger partial charge in [-0.1, -0.05) is 121 Å². The van der Waals surface area contributed by atoms with Gasteiger partial charge in [0.1, 0.15) is 5.82 Å². The van der Waals surface area contributed by atoms with Crippen molar-refractivity contribution in [2.75, 3.05) is 5.73 Å². The third-order valence-electron chi connectivity index (χ3n) is 7.94. The van der Waals surface area contributed by atoms with Crippen LogP contribution < -0.4 is 5.73 Å². The van der Waals surface area contributed by atoms with Gasteiger partial charge < -0.3 is 5.73 Å². The lowest BCUT2D eigenvalue weighted by molar-refractivity contribution is 1.03. The molecule has 3 heterocycles. The number of nitrogen functional groups attached to an aromatic ring is 1. The molecule has 2 N–H and O–H groups in total. The van der Waals surface area contributed by atoms with Gasteiger partial charge in [-0.3, -0.25) is 4.57 Å². The van der Waals surface area contributed by atoms with Gasteiger partial charge in [-0.25, -0.2) is 9.97 Å². The van der Waals surface area contributed by atoms with Crippen LogP contribution in [0.25, 0.3) is 57.1 Å². The fourth-order valence-corrected chi connectivity index (χ4v) is 5.77. The van der Waals surface area contributed by atoms with Gasteiger partial charge in [0.15, 0.2) is 0 Å². The number of rotatable bonds is 7. The maximum Gasteiger partial charge on any atom is 0.138 e. The summed E-state index contributed by atoms with van der Waals surface area (Å²) in [6, 6.07) is 49.9. The van der Waals surface area contributed by atoms with Crippen LogP contribution in [0.2, 0.25) is 0 Å². The Kier molecular flexibility index (Phi) is 7.61. The van der Waals surface area contributed by atoms with Gasteiger partial charge >= 0.3 is 0 Å². The molecule has 0 radical (unpaired) electrons. The van der Waals surface area contributed by atoms with E-state index in [1.54, 1.807) is 0 Å². The summed E-state index contributed by atoms with van der Waals surface area (Å²) in [6.07, 6.45) is 6.28. The minimum absolute atomic E-state index is 0.744.